The molecule has 0 saturated carbocycles. The predicted octanol–water partition coefficient (Wildman–Crippen LogP) is 2.14. The summed E-state index contributed by atoms with van der Waals surface area (Å²) < 4.78 is 25.4. The van der Waals surface area contributed by atoms with Gasteiger partial charge in [-0.25, -0.2) is 9.37 Å². The third-order valence-electron chi connectivity index (χ3n) is 5.16. The molecular formula is C21H20FN3O4. The molecule has 0 radical (unpaired) electrons. The van der Waals surface area contributed by atoms with E-state index >= 15 is 0 Å². The minimum Gasteiger partial charge on any atom is -0.493 e. The van der Waals surface area contributed by atoms with Crippen LogP contribution in [0, 0.1) is 5.82 Å². The zero-order valence-electron chi connectivity index (χ0n) is 16.1. The highest BCUT2D eigenvalue weighted by Crippen LogP contribution is 2.33. The Balaban J connectivity index is 1.57. The highest BCUT2D eigenvalue weighted by Gasteiger charge is 2.23. The zero-order valence-corrected chi connectivity index (χ0v) is 16.1. The van der Waals surface area contributed by atoms with Crippen LogP contribution in [0.2, 0.25) is 0 Å². The second kappa shape index (κ2) is 7.54. The van der Waals surface area contributed by atoms with Gasteiger partial charge in [-0.1, -0.05) is 0 Å². The number of amides is 1. The van der Waals surface area contributed by atoms with Gasteiger partial charge in [0.05, 0.1) is 31.4 Å². The summed E-state index contributed by atoms with van der Waals surface area (Å²) in [4.78, 5) is 31.3. The van der Waals surface area contributed by atoms with Gasteiger partial charge in [-0.2, -0.15) is 0 Å². The highest BCUT2D eigenvalue weighted by atomic mass is 19.1. The Bertz CT molecular complexity index is 1160. The molecule has 0 N–H and O–H groups in total. The first-order valence-electron chi connectivity index (χ1n) is 9.16. The number of aromatic nitrogens is 2. The number of rotatable bonds is 4. The fourth-order valence-electron chi connectivity index (χ4n) is 3.59. The van der Waals surface area contributed by atoms with Crippen molar-refractivity contribution in [3.05, 3.63) is 64.0 Å². The van der Waals surface area contributed by atoms with Gasteiger partial charge in [-0.3, -0.25) is 14.2 Å². The van der Waals surface area contributed by atoms with E-state index in [9.17, 15) is 14.0 Å². The molecule has 3 aromatic rings. The Morgan fingerprint density at radius 1 is 1.14 bits per heavy atom. The number of hydrogen-bond donors (Lipinski definition) is 0. The lowest BCUT2D eigenvalue weighted by atomic mass is 9.98. The van der Waals surface area contributed by atoms with Crippen LogP contribution in [0.5, 0.6) is 11.5 Å². The molecule has 7 nitrogen and oxygen atoms in total. The van der Waals surface area contributed by atoms with Crippen LogP contribution in [-0.4, -0.2) is 41.1 Å². The number of fused-ring (bicyclic) bond motifs is 2. The molecule has 2 heterocycles. The molecule has 1 aliphatic rings. The zero-order chi connectivity index (χ0) is 20.5. The molecule has 1 aliphatic heterocycles. The van der Waals surface area contributed by atoms with E-state index in [-0.39, 0.29) is 17.8 Å². The molecule has 150 valence electrons. The van der Waals surface area contributed by atoms with E-state index in [1.165, 1.54) is 23.0 Å². The van der Waals surface area contributed by atoms with Crippen molar-refractivity contribution in [1.82, 2.24) is 14.5 Å². The van der Waals surface area contributed by atoms with Crippen LogP contribution >= 0.6 is 0 Å². The molecule has 4 rings (SSSR count). The molecule has 8 heteroatoms. The van der Waals surface area contributed by atoms with Crippen LogP contribution in [0.3, 0.4) is 0 Å². The van der Waals surface area contributed by atoms with Crippen molar-refractivity contribution in [2.45, 2.75) is 19.5 Å². The summed E-state index contributed by atoms with van der Waals surface area (Å²) in [7, 11) is 3.15. The van der Waals surface area contributed by atoms with Crippen molar-refractivity contribution in [2.24, 2.45) is 0 Å². The molecule has 0 spiro atoms. The van der Waals surface area contributed by atoms with Crippen molar-refractivity contribution < 1.29 is 18.7 Å². The second-order valence-corrected chi connectivity index (χ2v) is 6.88. The lowest BCUT2D eigenvalue weighted by Gasteiger charge is -2.29. The number of benzene rings is 2. The smallest absolute Gasteiger partial charge is 0.261 e. The average Bonchev–Trinajstić information content (AvgIpc) is 2.74. The maximum atomic E-state index is 13.5. The Morgan fingerprint density at radius 3 is 2.59 bits per heavy atom. The third kappa shape index (κ3) is 3.53. The Morgan fingerprint density at radius 2 is 1.86 bits per heavy atom. The number of nitrogens with zero attached hydrogens (tertiary/aromatic N) is 3. The summed E-state index contributed by atoms with van der Waals surface area (Å²) in [5, 5.41) is 0.154. The van der Waals surface area contributed by atoms with E-state index in [0.29, 0.717) is 36.5 Å². The number of methoxy groups -OCH3 is 2. The van der Waals surface area contributed by atoms with Gasteiger partial charge >= 0.3 is 0 Å². The first-order valence-corrected chi connectivity index (χ1v) is 9.16. The maximum absolute atomic E-state index is 13.5. The summed E-state index contributed by atoms with van der Waals surface area (Å²) in [6, 6.07) is 7.64. The van der Waals surface area contributed by atoms with Gasteiger partial charge in [0, 0.05) is 13.1 Å². The quantitative estimate of drug-likeness (QED) is 0.674. The maximum Gasteiger partial charge on any atom is 0.261 e. The Labute approximate surface area is 166 Å². The molecule has 0 saturated heterocycles. The molecule has 1 aromatic heterocycles. The van der Waals surface area contributed by atoms with Crippen LogP contribution in [0.25, 0.3) is 10.9 Å². The molecular weight excluding hydrogens is 377 g/mol. The van der Waals surface area contributed by atoms with Gasteiger partial charge in [-0.15, -0.1) is 0 Å². The molecule has 0 unspecified atom stereocenters. The fourth-order valence-corrected chi connectivity index (χ4v) is 3.59. The summed E-state index contributed by atoms with van der Waals surface area (Å²) in [5.74, 6) is 0.548. The van der Waals surface area contributed by atoms with E-state index in [1.54, 1.807) is 19.1 Å². The van der Waals surface area contributed by atoms with Crippen molar-refractivity contribution in [1.29, 1.82) is 0 Å². The van der Waals surface area contributed by atoms with Crippen LogP contribution in [0.1, 0.15) is 11.1 Å². The van der Waals surface area contributed by atoms with E-state index in [0.717, 1.165) is 17.2 Å². The van der Waals surface area contributed by atoms with Crippen molar-refractivity contribution in [2.75, 3.05) is 20.8 Å². The topological polar surface area (TPSA) is 73.7 Å². The molecule has 29 heavy (non-hydrogen) atoms. The van der Waals surface area contributed by atoms with Crippen molar-refractivity contribution >= 4 is 16.8 Å². The molecule has 0 atom stereocenters. The van der Waals surface area contributed by atoms with Crippen molar-refractivity contribution in [3.63, 3.8) is 0 Å². The SMILES string of the molecule is COc1cc2c(cc1OC)CN(C(=O)Cn1cnc3ccc(F)cc3c1=O)CC2. The summed E-state index contributed by atoms with van der Waals surface area (Å²) in [6.45, 7) is 0.797. The summed E-state index contributed by atoms with van der Waals surface area (Å²) >= 11 is 0. The summed E-state index contributed by atoms with van der Waals surface area (Å²) in [5.41, 5.74) is 2.04. The monoisotopic (exact) mass is 397 g/mol. The minimum absolute atomic E-state index is 0.152. The fraction of sp³-hybridized carbons (Fsp3) is 0.286. The predicted molar refractivity (Wildman–Crippen MR) is 105 cm³/mol. The Hall–Kier alpha value is -3.42. The molecule has 0 fully saturated rings. The van der Waals surface area contributed by atoms with Gasteiger partial charge in [0.25, 0.3) is 5.56 Å². The molecule has 0 aliphatic carbocycles. The number of carbonyl (C=O) groups excluding carboxylic acids is 1. The van der Waals surface area contributed by atoms with Gasteiger partial charge in [0.2, 0.25) is 5.91 Å². The molecule has 0 bridgehead atoms. The average molecular weight is 397 g/mol. The van der Waals surface area contributed by atoms with Crippen LogP contribution < -0.4 is 15.0 Å². The minimum atomic E-state index is -0.516. The summed E-state index contributed by atoms with van der Waals surface area (Å²) in [6.07, 6.45) is 2.00. The molecule has 2 aromatic carbocycles. The number of hydrogen-bond acceptors (Lipinski definition) is 5. The van der Waals surface area contributed by atoms with Gasteiger partial charge in [0.1, 0.15) is 12.4 Å². The number of halogens is 1. The largest absolute Gasteiger partial charge is 0.493 e. The van der Waals surface area contributed by atoms with E-state index < -0.39 is 11.4 Å². The highest BCUT2D eigenvalue weighted by molar-refractivity contribution is 5.79. The normalized spacial score (nSPS) is 13.3. The van der Waals surface area contributed by atoms with E-state index in [2.05, 4.69) is 4.98 Å². The van der Waals surface area contributed by atoms with Crippen LogP contribution in [0.4, 0.5) is 4.39 Å². The standard InChI is InChI=1S/C21H20FN3O4/c1-28-18-7-13-5-6-24(10-14(13)8-19(18)29-2)20(26)11-25-12-23-17-4-3-15(22)9-16(17)21(25)27/h3-4,7-9,12H,5-6,10-11H2,1-2H3. The number of carbonyl (C=O) groups is 1. The first kappa shape index (κ1) is 18.9. The lowest BCUT2D eigenvalue weighted by molar-refractivity contribution is -0.132. The van der Waals surface area contributed by atoms with E-state index in [4.69, 9.17) is 9.47 Å². The Kier molecular flexibility index (Phi) is 4.92. The molecule has 1 amide bonds. The van der Waals surface area contributed by atoms with Gasteiger partial charge in [-0.05, 0) is 47.9 Å². The van der Waals surface area contributed by atoms with E-state index in [1.807, 2.05) is 12.1 Å². The second-order valence-electron chi connectivity index (χ2n) is 6.88. The number of ether oxygens (including phenoxy) is 2. The third-order valence-corrected chi connectivity index (χ3v) is 5.16. The lowest BCUT2D eigenvalue weighted by Crippen LogP contribution is -2.39. The first-order chi connectivity index (χ1) is 14.0. The van der Waals surface area contributed by atoms with Gasteiger partial charge in [0.15, 0.2) is 11.5 Å². The van der Waals surface area contributed by atoms with Crippen molar-refractivity contribution in [3.8, 4) is 11.5 Å². The van der Waals surface area contributed by atoms with Crippen LogP contribution in [-0.2, 0) is 24.3 Å². The van der Waals surface area contributed by atoms with Crippen LogP contribution in [0.15, 0.2) is 41.5 Å². The van der Waals surface area contributed by atoms with Gasteiger partial charge < -0.3 is 14.4 Å².